The number of hydrogen-bond donors (Lipinski definition) is 1. The van der Waals surface area contributed by atoms with Gasteiger partial charge in [0.15, 0.2) is 6.61 Å². The normalized spacial score (nSPS) is 14.2. The largest absolute Gasteiger partial charge is 0.482 e. The van der Waals surface area contributed by atoms with E-state index in [-0.39, 0.29) is 19.1 Å². The number of amides is 1. The van der Waals surface area contributed by atoms with Gasteiger partial charge in [-0.25, -0.2) is 4.79 Å². The molecular formula is C22H26N2O4. The van der Waals surface area contributed by atoms with E-state index in [0.717, 1.165) is 44.3 Å². The average Bonchev–Trinajstić information content (AvgIpc) is 3.01. The summed E-state index contributed by atoms with van der Waals surface area (Å²) < 4.78 is 11.0. The SMILES string of the molecule is Nc1ccc(C(=O)OCc2ccccc2)cc1OCC(=O)N1CCCCCC1. The lowest BCUT2D eigenvalue weighted by molar-refractivity contribution is -0.133. The van der Waals surface area contributed by atoms with Crippen molar-refractivity contribution in [3.8, 4) is 5.75 Å². The average molecular weight is 382 g/mol. The van der Waals surface area contributed by atoms with Gasteiger partial charge in [0.05, 0.1) is 11.3 Å². The highest BCUT2D eigenvalue weighted by atomic mass is 16.5. The molecule has 0 saturated carbocycles. The molecule has 0 aromatic heterocycles. The van der Waals surface area contributed by atoms with Crippen molar-refractivity contribution in [1.29, 1.82) is 0 Å². The van der Waals surface area contributed by atoms with Crippen molar-refractivity contribution in [3.63, 3.8) is 0 Å². The first-order valence-corrected chi connectivity index (χ1v) is 9.64. The summed E-state index contributed by atoms with van der Waals surface area (Å²) in [6, 6.07) is 14.2. The van der Waals surface area contributed by atoms with E-state index in [1.54, 1.807) is 12.1 Å². The fraction of sp³-hybridized carbons (Fsp3) is 0.364. The lowest BCUT2D eigenvalue weighted by Gasteiger charge is -2.20. The van der Waals surface area contributed by atoms with Gasteiger partial charge in [-0.05, 0) is 36.6 Å². The zero-order valence-electron chi connectivity index (χ0n) is 15.9. The van der Waals surface area contributed by atoms with Gasteiger partial charge in [0.1, 0.15) is 12.4 Å². The van der Waals surface area contributed by atoms with E-state index in [1.165, 1.54) is 6.07 Å². The number of hydrogen-bond acceptors (Lipinski definition) is 5. The maximum atomic E-state index is 12.4. The summed E-state index contributed by atoms with van der Waals surface area (Å²) in [4.78, 5) is 26.5. The Balaban J connectivity index is 1.57. The third kappa shape index (κ3) is 5.49. The van der Waals surface area contributed by atoms with Crippen LogP contribution in [0.1, 0.15) is 41.6 Å². The second-order valence-corrected chi connectivity index (χ2v) is 6.90. The minimum atomic E-state index is -0.465. The minimum absolute atomic E-state index is 0.0571. The Morgan fingerprint density at radius 2 is 1.68 bits per heavy atom. The molecule has 0 spiro atoms. The van der Waals surface area contributed by atoms with Gasteiger partial charge in [-0.2, -0.15) is 0 Å². The molecule has 6 heteroatoms. The number of nitrogens with zero attached hydrogens (tertiary/aromatic N) is 1. The summed E-state index contributed by atoms with van der Waals surface area (Å²) in [5.74, 6) is -0.205. The summed E-state index contributed by atoms with van der Waals surface area (Å²) in [6.07, 6.45) is 4.36. The Hall–Kier alpha value is -3.02. The standard InChI is InChI=1S/C22H26N2O4/c23-19-11-10-18(22(26)28-15-17-8-4-3-5-9-17)14-20(19)27-16-21(25)24-12-6-1-2-7-13-24/h3-5,8-11,14H,1-2,6-7,12-13,15-16,23H2. The van der Waals surface area contributed by atoms with Gasteiger partial charge in [-0.1, -0.05) is 43.2 Å². The van der Waals surface area contributed by atoms with E-state index < -0.39 is 5.97 Å². The van der Waals surface area contributed by atoms with Crippen molar-refractivity contribution in [3.05, 3.63) is 59.7 Å². The van der Waals surface area contributed by atoms with Crippen molar-refractivity contribution in [2.75, 3.05) is 25.4 Å². The number of carbonyl (C=O) groups excluding carboxylic acids is 2. The molecule has 2 N–H and O–H groups in total. The number of benzene rings is 2. The molecule has 28 heavy (non-hydrogen) atoms. The van der Waals surface area contributed by atoms with Crippen molar-refractivity contribution < 1.29 is 19.1 Å². The molecule has 2 aromatic rings. The van der Waals surface area contributed by atoms with Crippen LogP contribution in [0.3, 0.4) is 0 Å². The molecule has 1 heterocycles. The van der Waals surface area contributed by atoms with E-state index in [1.807, 2.05) is 35.2 Å². The van der Waals surface area contributed by atoms with Gasteiger partial charge in [-0.15, -0.1) is 0 Å². The van der Waals surface area contributed by atoms with Gasteiger partial charge < -0.3 is 20.1 Å². The lowest BCUT2D eigenvalue weighted by atomic mass is 10.2. The summed E-state index contributed by atoms with van der Waals surface area (Å²) in [5, 5.41) is 0. The molecule has 2 aromatic carbocycles. The summed E-state index contributed by atoms with van der Waals surface area (Å²) in [7, 11) is 0. The highest BCUT2D eigenvalue weighted by molar-refractivity contribution is 5.90. The first-order valence-electron chi connectivity index (χ1n) is 9.64. The van der Waals surface area contributed by atoms with Crippen LogP contribution in [0, 0.1) is 0 Å². The smallest absolute Gasteiger partial charge is 0.338 e. The predicted octanol–water partition coefficient (Wildman–Crippen LogP) is 3.41. The van der Waals surface area contributed by atoms with Crippen molar-refractivity contribution in [1.82, 2.24) is 4.90 Å². The maximum absolute atomic E-state index is 12.4. The second-order valence-electron chi connectivity index (χ2n) is 6.90. The minimum Gasteiger partial charge on any atom is -0.482 e. The first-order chi connectivity index (χ1) is 13.6. The van der Waals surface area contributed by atoms with Crippen molar-refractivity contribution in [2.24, 2.45) is 0 Å². The molecule has 1 fully saturated rings. The number of carbonyl (C=O) groups is 2. The Bertz CT molecular complexity index is 799. The van der Waals surface area contributed by atoms with Crippen LogP contribution in [0.25, 0.3) is 0 Å². The molecule has 148 valence electrons. The molecule has 1 aliphatic heterocycles. The highest BCUT2D eigenvalue weighted by Crippen LogP contribution is 2.24. The number of rotatable bonds is 6. The van der Waals surface area contributed by atoms with E-state index in [0.29, 0.717) is 17.0 Å². The van der Waals surface area contributed by atoms with Gasteiger partial charge >= 0.3 is 5.97 Å². The number of nitrogens with two attached hydrogens (primary N) is 1. The van der Waals surface area contributed by atoms with Crippen molar-refractivity contribution in [2.45, 2.75) is 32.3 Å². The maximum Gasteiger partial charge on any atom is 0.338 e. The summed E-state index contributed by atoms with van der Waals surface area (Å²) in [5.41, 5.74) is 7.56. The fourth-order valence-electron chi connectivity index (χ4n) is 3.14. The predicted molar refractivity (Wildman–Crippen MR) is 107 cm³/mol. The van der Waals surface area contributed by atoms with Gasteiger partial charge in [0, 0.05) is 13.1 Å². The summed E-state index contributed by atoms with van der Waals surface area (Å²) in [6.45, 7) is 1.63. The molecule has 0 radical (unpaired) electrons. The van der Waals surface area contributed by atoms with Gasteiger partial charge in [0.2, 0.25) is 0 Å². The van der Waals surface area contributed by atoms with Crippen LogP contribution in [0.4, 0.5) is 5.69 Å². The molecule has 1 aliphatic rings. The Morgan fingerprint density at radius 1 is 0.964 bits per heavy atom. The number of esters is 1. The number of likely N-dealkylation sites (tertiary alicyclic amines) is 1. The summed E-state index contributed by atoms with van der Waals surface area (Å²) >= 11 is 0. The van der Waals surface area contributed by atoms with E-state index >= 15 is 0 Å². The second kappa shape index (κ2) is 9.78. The van der Waals surface area contributed by atoms with E-state index in [4.69, 9.17) is 15.2 Å². The van der Waals surface area contributed by atoms with E-state index in [9.17, 15) is 9.59 Å². The van der Waals surface area contributed by atoms with Gasteiger partial charge in [-0.3, -0.25) is 4.79 Å². The van der Waals surface area contributed by atoms with Crippen LogP contribution >= 0.6 is 0 Å². The molecular weight excluding hydrogens is 356 g/mol. The molecule has 0 atom stereocenters. The third-order valence-electron chi connectivity index (χ3n) is 4.77. The lowest BCUT2D eigenvalue weighted by Crippen LogP contribution is -2.35. The van der Waals surface area contributed by atoms with Crippen LogP contribution in [0.5, 0.6) is 5.75 Å². The van der Waals surface area contributed by atoms with Crippen LogP contribution < -0.4 is 10.5 Å². The topological polar surface area (TPSA) is 81.9 Å². The quantitative estimate of drug-likeness (QED) is 0.612. The molecule has 0 aliphatic carbocycles. The van der Waals surface area contributed by atoms with E-state index in [2.05, 4.69) is 0 Å². The molecule has 3 rings (SSSR count). The van der Waals surface area contributed by atoms with Crippen LogP contribution in [0.2, 0.25) is 0 Å². The number of nitrogen functional groups attached to an aromatic ring is 1. The first kappa shape index (κ1) is 19.7. The Labute approximate surface area is 165 Å². The number of anilines is 1. The molecule has 6 nitrogen and oxygen atoms in total. The molecule has 1 saturated heterocycles. The number of ether oxygens (including phenoxy) is 2. The highest BCUT2D eigenvalue weighted by Gasteiger charge is 2.17. The molecule has 0 unspecified atom stereocenters. The zero-order valence-corrected chi connectivity index (χ0v) is 15.9. The Morgan fingerprint density at radius 3 is 2.39 bits per heavy atom. The van der Waals surface area contributed by atoms with Gasteiger partial charge in [0.25, 0.3) is 5.91 Å². The van der Waals surface area contributed by atoms with Crippen molar-refractivity contribution >= 4 is 17.6 Å². The van der Waals surface area contributed by atoms with Crippen LogP contribution in [-0.2, 0) is 16.1 Å². The third-order valence-corrected chi connectivity index (χ3v) is 4.77. The Kier molecular flexibility index (Phi) is 6.89. The van der Waals surface area contributed by atoms with Crippen LogP contribution in [-0.4, -0.2) is 36.5 Å². The van der Waals surface area contributed by atoms with Crippen LogP contribution in [0.15, 0.2) is 48.5 Å². The molecule has 0 bridgehead atoms. The molecule has 1 amide bonds. The monoisotopic (exact) mass is 382 g/mol. The zero-order chi connectivity index (χ0) is 19.8. The fourth-order valence-corrected chi connectivity index (χ4v) is 3.14.